The van der Waals surface area contributed by atoms with Crippen molar-refractivity contribution in [1.29, 1.82) is 0 Å². The van der Waals surface area contributed by atoms with Gasteiger partial charge >= 0.3 is 5.97 Å². The van der Waals surface area contributed by atoms with Crippen LogP contribution in [0.25, 0.3) is 28.0 Å². The summed E-state index contributed by atoms with van der Waals surface area (Å²) in [7, 11) is 0. The fourth-order valence-corrected chi connectivity index (χ4v) is 3.75. The number of hydrogen-bond donors (Lipinski definition) is 1. The fourth-order valence-electron chi connectivity index (χ4n) is 3.49. The molecule has 0 atom stereocenters. The van der Waals surface area contributed by atoms with Gasteiger partial charge < -0.3 is 10.5 Å². The number of hydrogen-bond acceptors (Lipinski definition) is 4. The van der Waals surface area contributed by atoms with E-state index in [0.717, 1.165) is 26.8 Å². The van der Waals surface area contributed by atoms with Crippen LogP contribution < -0.4 is 5.73 Å². The number of pyridine rings is 1. The van der Waals surface area contributed by atoms with Crippen molar-refractivity contribution in [2.75, 3.05) is 12.3 Å². The molecule has 0 bridgehead atoms. The fraction of sp³-hybridized carbons (Fsp3) is 0.130. The number of halogens is 1. The summed E-state index contributed by atoms with van der Waals surface area (Å²) in [5.41, 5.74) is 11.3. The van der Waals surface area contributed by atoms with E-state index in [1.165, 1.54) is 0 Å². The zero-order valence-electron chi connectivity index (χ0n) is 16.1. The molecule has 0 saturated carbocycles. The molecule has 2 heterocycles. The van der Waals surface area contributed by atoms with Crippen LogP contribution in [0.3, 0.4) is 0 Å². The molecule has 0 saturated heterocycles. The summed E-state index contributed by atoms with van der Waals surface area (Å²) in [5.74, 6) is -0.449. The normalized spacial score (nSPS) is 11.0. The maximum Gasteiger partial charge on any atom is 0.342 e. The molecule has 0 spiro atoms. The van der Waals surface area contributed by atoms with Crippen molar-refractivity contribution in [3.63, 3.8) is 0 Å². The van der Waals surface area contributed by atoms with Gasteiger partial charge in [-0.3, -0.25) is 4.57 Å². The number of para-hydroxylation sites is 1. The van der Waals surface area contributed by atoms with Crippen molar-refractivity contribution in [2.45, 2.75) is 13.8 Å². The van der Waals surface area contributed by atoms with E-state index in [9.17, 15) is 4.79 Å². The number of carbonyl (C=O) groups excluding carboxylic acids is 1. The first-order chi connectivity index (χ1) is 14.0. The van der Waals surface area contributed by atoms with E-state index in [2.05, 4.69) is 20.5 Å². The Kier molecular flexibility index (Phi) is 5.11. The van der Waals surface area contributed by atoms with Crippen molar-refractivity contribution in [3.8, 4) is 16.9 Å². The maximum atomic E-state index is 12.4. The molecule has 2 aromatic heterocycles. The number of anilines is 1. The maximum absolute atomic E-state index is 12.4. The highest BCUT2D eigenvalue weighted by atomic mass is 79.9. The van der Waals surface area contributed by atoms with E-state index in [-0.39, 0.29) is 6.61 Å². The largest absolute Gasteiger partial charge is 0.462 e. The van der Waals surface area contributed by atoms with Gasteiger partial charge in [-0.1, -0.05) is 46.3 Å². The summed E-state index contributed by atoms with van der Waals surface area (Å²) in [4.78, 5) is 17.2. The minimum absolute atomic E-state index is 0.283. The molecule has 6 heteroatoms. The third kappa shape index (κ3) is 3.40. The molecular formula is C23H20BrN3O2. The summed E-state index contributed by atoms with van der Waals surface area (Å²) in [6, 6.07) is 20.0. The molecule has 29 heavy (non-hydrogen) atoms. The van der Waals surface area contributed by atoms with Gasteiger partial charge in [0.15, 0.2) is 0 Å². The number of carbonyl (C=O) groups is 1. The van der Waals surface area contributed by atoms with Gasteiger partial charge in [-0.15, -0.1) is 0 Å². The average molecular weight is 450 g/mol. The predicted molar refractivity (Wildman–Crippen MR) is 119 cm³/mol. The molecule has 0 unspecified atom stereocenters. The summed E-state index contributed by atoms with van der Waals surface area (Å²) < 4.78 is 8.25. The first kappa shape index (κ1) is 19.2. The lowest BCUT2D eigenvalue weighted by Crippen LogP contribution is -2.12. The van der Waals surface area contributed by atoms with Crippen LogP contribution in [0.1, 0.15) is 23.0 Å². The number of esters is 1. The third-order valence-corrected chi connectivity index (χ3v) is 5.33. The Morgan fingerprint density at radius 3 is 2.48 bits per heavy atom. The second-order valence-corrected chi connectivity index (χ2v) is 7.57. The SMILES string of the molecule is CCOC(=O)c1c(C)nc2c(cc(-c3ccc(Br)cc3)n2-c2ccccc2)c1N. The van der Waals surface area contributed by atoms with Crippen LogP contribution in [0.15, 0.2) is 65.1 Å². The molecule has 2 N–H and O–H groups in total. The van der Waals surface area contributed by atoms with E-state index < -0.39 is 5.97 Å². The molecule has 0 amide bonds. The Hall–Kier alpha value is -3.12. The number of aromatic nitrogens is 2. The van der Waals surface area contributed by atoms with E-state index in [1.54, 1.807) is 13.8 Å². The minimum atomic E-state index is -0.449. The molecule has 0 aliphatic heterocycles. The van der Waals surface area contributed by atoms with Gasteiger partial charge in [-0.2, -0.15) is 0 Å². The Morgan fingerprint density at radius 1 is 1.14 bits per heavy atom. The standard InChI is InChI=1S/C23H20BrN3O2/c1-3-29-23(28)20-14(2)26-22-18(21(20)25)13-19(15-9-11-16(24)12-10-15)27(22)17-7-5-4-6-8-17/h4-13H,3H2,1-2H3,(H2,25,26). The van der Waals surface area contributed by atoms with Crippen molar-refractivity contribution < 1.29 is 9.53 Å². The van der Waals surface area contributed by atoms with Crippen LogP contribution in [-0.4, -0.2) is 22.1 Å². The van der Waals surface area contributed by atoms with Crippen molar-refractivity contribution in [1.82, 2.24) is 9.55 Å². The molecular weight excluding hydrogens is 430 g/mol. The van der Waals surface area contributed by atoms with Gasteiger partial charge in [0.25, 0.3) is 0 Å². The monoisotopic (exact) mass is 449 g/mol. The van der Waals surface area contributed by atoms with E-state index in [0.29, 0.717) is 22.6 Å². The van der Waals surface area contributed by atoms with Gasteiger partial charge in [0, 0.05) is 15.5 Å². The number of ether oxygens (including phenoxy) is 1. The van der Waals surface area contributed by atoms with Crippen molar-refractivity contribution in [3.05, 3.63) is 76.4 Å². The second-order valence-electron chi connectivity index (χ2n) is 6.65. The average Bonchev–Trinajstić information content (AvgIpc) is 3.09. The highest BCUT2D eigenvalue weighted by Crippen LogP contribution is 2.36. The number of aryl methyl sites for hydroxylation is 1. The lowest BCUT2D eigenvalue weighted by Gasteiger charge is -2.13. The third-order valence-electron chi connectivity index (χ3n) is 4.80. The second kappa shape index (κ2) is 7.72. The zero-order chi connectivity index (χ0) is 20.5. The Bertz CT molecular complexity index is 1200. The lowest BCUT2D eigenvalue weighted by atomic mass is 10.1. The molecule has 0 aliphatic rings. The highest BCUT2D eigenvalue weighted by molar-refractivity contribution is 9.10. The molecule has 5 nitrogen and oxygen atoms in total. The van der Waals surface area contributed by atoms with Gasteiger partial charge in [0.2, 0.25) is 0 Å². The molecule has 4 aromatic rings. The Labute approximate surface area is 177 Å². The number of nitrogen functional groups attached to an aromatic ring is 1. The number of fused-ring (bicyclic) bond motifs is 1. The van der Waals surface area contributed by atoms with E-state index in [1.807, 2.05) is 60.7 Å². The van der Waals surface area contributed by atoms with Gasteiger partial charge in [0.05, 0.1) is 23.7 Å². The van der Waals surface area contributed by atoms with Crippen LogP contribution in [0.4, 0.5) is 5.69 Å². The number of benzene rings is 2. The van der Waals surface area contributed by atoms with Gasteiger partial charge in [0.1, 0.15) is 11.2 Å². The van der Waals surface area contributed by atoms with Crippen LogP contribution in [0.5, 0.6) is 0 Å². The Balaban J connectivity index is 2.05. The summed E-state index contributed by atoms with van der Waals surface area (Å²) in [6.45, 7) is 3.83. The van der Waals surface area contributed by atoms with Gasteiger partial charge in [-0.05, 0) is 49.7 Å². The summed E-state index contributed by atoms with van der Waals surface area (Å²) in [6.07, 6.45) is 0. The van der Waals surface area contributed by atoms with E-state index in [4.69, 9.17) is 15.5 Å². The van der Waals surface area contributed by atoms with Crippen LogP contribution in [0.2, 0.25) is 0 Å². The quantitative estimate of drug-likeness (QED) is 0.416. The van der Waals surface area contributed by atoms with Crippen LogP contribution >= 0.6 is 15.9 Å². The lowest BCUT2D eigenvalue weighted by molar-refractivity contribution is 0.0526. The smallest absolute Gasteiger partial charge is 0.342 e. The Morgan fingerprint density at radius 2 is 1.83 bits per heavy atom. The topological polar surface area (TPSA) is 70.1 Å². The molecule has 0 fully saturated rings. The highest BCUT2D eigenvalue weighted by Gasteiger charge is 2.23. The zero-order valence-corrected chi connectivity index (χ0v) is 17.7. The molecule has 2 aromatic carbocycles. The van der Waals surface area contributed by atoms with Crippen molar-refractivity contribution in [2.24, 2.45) is 0 Å². The number of nitrogens with zero attached hydrogens (tertiary/aromatic N) is 2. The molecule has 4 rings (SSSR count). The minimum Gasteiger partial charge on any atom is -0.462 e. The number of nitrogens with two attached hydrogens (primary N) is 1. The molecule has 0 aliphatic carbocycles. The first-order valence-corrected chi connectivity index (χ1v) is 10.1. The summed E-state index contributed by atoms with van der Waals surface area (Å²) >= 11 is 3.49. The number of rotatable bonds is 4. The summed E-state index contributed by atoms with van der Waals surface area (Å²) in [5, 5.41) is 0.723. The van der Waals surface area contributed by atoms with Crippen LogP contribution in [-0.2, 0) is 4.74 Å². The predicted octanol–water partition coefficient (Wildman–Crippen LogP) is 5.52. The van der Waals surface area contributed by atoms with Crippen LogP contribution in [0, 0.1) is 6.92 Å². The van der Waals surface area contributed by atoms with Gasteiger partial charge in [-0.25, -0.2) is 9.78 Å². The first-order valence-electron chi connectivity index (χ1n) is 9.31. The van der Waals surface area contributed by atoms with Crippen molar-refractivity contribution >= 4 is 38.6 Å². The molecule has 0 radical (unpaired) electrons. The van der Waals surface area contributed by atoms with E-state index >= 15 is 0 Å². The molecule has 146 valence electrons.